The Morgan fingerprint density at radius 1 is 1.47 bits per heavy atom. The van der Waals surface area contributed by atoms with Crippen molar-refractivity contribution in [3.63, 3.8) is 0 Å². The number of allylic oxidation sites excluding steroid dienone is 1. The van der Waals surface area contributed by atoms with E-state index in [9.17, 15) is 4.79 Å². The smallest absolute Gasteiger partial charge is 0.148 e. The van der Waals surface area contributed by atoms with Crippen molar-refractivity contribution >= 4 is 40.0 Å². The summed E-state index contributed by atoms with van der Waals surface area (Å²) in [7, 11) is 0. The van der Waals surface area contributed by atoms with Gasteiger partial charge in [-0.1, -0.05) is 18.2 Å². The second kappa shape index (κ2) is 6.35. The zero-order valence-electron chi connectivity index (χ0n) is 10.7. The number of carbonyl (C=O) groups is 1. The maximum absolute atomic E-state index is 11.2. The first-order chi connectivity index (χ1) is 9.15. The molecule has 1 atom stereocenters. The predicted molar refractivity (Wildman–Crippen MR) is 85.0 cm³/mol. The van der Waals surface area contributed by atoms with Gasteiger partial charge in [-0.05, 0) is 31.4 Å². The summed E-state index contributed by atoms with van der Waals surface area (Å²) in [6, 6.07) is 8.13. The second-order valence-corrected chi connectivity index (χ2v) is 6.36. The standard InChI is InChI=1S/C8H12OS.C7H5NS/c1-2-5-8(10)6-3-4-7(8)9;1-2-4-7-6(3-1)8-5-9-7/h2,10H,1,3-6H2;1-5H. The Morgan fingerprint density at radius 2 is 2.26 bits per heavy atom. The van der Waals surface area contributed by atoms with Crippen LogP contribution in [0.15, 0.2) is 42.4 Å². The first-order valence-electron chi connectivity index (χ1n) is 6.30. The summed E-state index contributed by atoms with van der Waals surface area (Å²) in [5, 5.41) is 0. The van der Waals surface area contributed by atoms with Crippen molar-refractivity contribution in [1.82, 2.24) is 4.98 Å². The molecule has 0 amide bonds. The zero-order valence-corrected chi connectivity index (χ0v) is 12.4. The number of para-hydroxylation sites is 1. The number of hydrogen-bond donors (Lipinski definition) is 1. The van der Waals surface area contributed by atoms with E-state index in [1.165, 1.54) is 4.70 Å². The fourth-order valence-corrected chi connectivity index (χ4v) is 3.25. The lowest BCUT2D eigenvalue weighted by atomic mass is 10.0. The Kier molecular flexibility index (Phi) is 4.77. The molecule has 1 unspecified atom stereocenters. The summed E-state index contributed by atoms with van der Waals surface area (Å²) in [5.41, 5.74) is 2.97. The molecule has 2 aromatic rings. The molecule has 1 heterocycles. The predicted octanol–water partition coefficient (Wildman–Crippen LogP) is 4.28. The summed E-state index contributed by atoms with van der Waals surface area (Å²) in [4.78, 5) is 15.3. The van der Waals surface area contributed by atoms with Gasteiger partial charge in [0.15, 0.2) is 0 Å². The third-order valence-corrected chi connectivity index (χ3v) is 4.70. The maximum Gasteiger partial charge on any atom is 0.148 e. The van der Waals surface area contributed by atoms with Crippen LogP contribution in [0.4, 0.5) is 0 Å². The van der Waals surface area contributed by atoms with Gasteiger partial charge in [-0.25, -0.2) is 4.98 Å². The molecule has 1 aliphatic carbocycles. The maximum atomic E-state index is 11.2. The number of benzene rings is 1. The molecule has 2 nitrogen and oxygen atoms in total. The number of ketones is 1. The first-order valence-corrected chi connectivity index (χ1v) is 7.63. The van der Waals surface area contributed by atoms with E-state index in [0.29, 0.717) is 6.42 Å². The average molecular weight is 291 g/mol. The summed E-state index contributed by atoms with van der Waals surface area (Å²) in [6.07, 6.45) is 5.11. The van der Waals surface area contributed by atoms with Gasteiger partial charge in [0, 0.05) is 6.42 Å². The van der Waals surface area contributed by atoms with Crippen LogP contribution in [0, 0.1) is 0 Å². The van der Waals surface area contributed by atoms with Crippen LogP contribution in [-0.2, 0) is 4.79 Å². The van der Waals surface area contributed by atoms with E-state index < -0.39 is 0 Å². The van der Waals surface area contributed by atoms with Gasteiger partial charge in [-0.2, -0.15) is 12.6 Å². The number of thiazole rings is 1. The van der Waals surface area contributed by atoms with Crippen LogP contribution in [0.3, 0.4) is 0 Å². The number of aromatic nitrogens is 1. The van der Waals surface area contributed by atoms with Crippen molar-refractivity contribution in [3.05, 3.63) is 42.4 Å². The lowest BCUT2D eigenvalue weighted by molar-refractivity contribution is -0.119. The third-order valence-electron chi connectivity index (χ3n) is 3.23. The molecule has 1 aromatic carbocycles. The molecule has 0 aliphatic heterocycles. The van der Waals surface area contributed by atoms with Crippen LogP contribution < -0.4 is 0 Å². The van der Waals surface area contributed by atoms with E-state index in [1.807, 2.05) is 23.7 Å². The number of hydrogen-bond acceptors (Lipinski definition) is 4. The number of thiol groups is 1. The van der Waals surface area contributed by atoms with Gasteiger partial charge in [0.05, 0.1) is 20.5 Å². The van der Waals surface area contributed by atoms with Crippen LogP contribution in [-0.4, -0.2) is 15.5 Å². The van der Waals surface area contributed by atoms with E-state index in [4.69, 9.17) is 0 Å². The highest BCUT2D eigenvalue weighted by Gasteiger charge is 2.36. The van der Waals surface area contributed by atoms with Crippen LogP contribution in [0.25, 0.3) is 10.2 Å². The molecule has 0 saturated heterocycles. The molecule has 1 aliphatic rings. The van der Waals surface area contributed by atoms with Crippen LogP contribution in [0.2, 0.25) is 0 Å². The summed E-state index contributed by atoms with van der Waals surface area (Å²) < 4.78 is 0.902. The molecular weight excluding hydrogens is 274 g/mol. The van der Waals surface area contributed by atoms with E-state index in [-0.39, 0.29) is 10.5 Å². The van der Waals surface area contributed by atoms with Gasteiger partial charge in [0.1, 0.15) is 5.78 Å². The molecule has 0 N–H and O–H groups in total. The number of Topliss-reactive ketones (excluding diaryl/α,β-unsaturated/α-hetero) is 1. The fraction of sp³-hybridized carbons (Fsp3) is 0.333. The van der Waals surface area contributed by atoms with Crippen molar-refractivity contribution in [2.45, 2.75) is 30.4 Å². The minimum Gasteiger partial charge on any atom is -0.298 e. The molecule has 1 fully saturated rings. The Morgan fingerprint density at radius 3 is 2.89 bits per heavy atom. The minimum absolute atomic E-state index is 0.288. The highest BCUT2D eigenvalue weighted by Crippen LogP contribution is 2.35. The highest BCUT2D eigenvalue weighted by molar-refractivity contribution is 7.82. The van der Waals surface area contributed by atoms with Gasteiger partial charge in [-0.3, -0.25) is 4.79 Å². The van der Waals surface area contributed by atoms with Crippen LogP contribution >= 0.6 is 24.0 Å². The van der Waals surface area contributed by atoms with Gasteiger partial charge >= 0.3 is 0 Å². The van der Waals surface area contributed by atoms with E-state index in [2.05, 4.69) is 30.3 Å². The van der Waals surface area contributed by atoms with Gasteiger partial charge in [0.25, 0.3) is 0 Å². The fourth-order valence-electron chi connectivity index (χ4n) is 2.17. The Bertz CT molecular complexity index is 548. The SMILES string of the molecule is C=CCC1(S)CCCC1=O.c1ccc2scnc2c1. The lowest BCUT2D eigenvalue weighted by Crippen LogP contribution is -2.25. The Balaban J connectivity index is 0.000000141. The number of fused-ring (bicyclic) bond motifs is 1. The van der Waals surface area contributed by atoms with Crippen molar-refractivity contribution in [2.24, 2.45) is 0 Å². The Hall–Kier alpha value is -1.13. The molecular formula is C15H17NOS2. The number of nitrogens with zero attached hydrogens (tertiary/aromatic N) is 1. The van der Waals surface area contributed by atoms with Crippen LogP contribution in [0.1, 0.15) is 25.7 Å². The Labute approximate surface area is 123 Å². The monoisotopic (exact) mass is 291 g/mol. The molecule has 1 saturated carbocycles. The van der Waals surface area contributed by atoms with Gasteiger partial charge in [0.2, 0.25) is 0 Å². The number of rotatable bonds is 2. The summed E-state index contributed by atoms with van der Waals surface area (Å²) >= 11 is 6.01. The van der Waals surface area contributed by atoms with E-state index in [1.54, 1.807) is 17.4 Å². The largest absolute Gasteiger partial charge is 0.298 e. The average Bonchev–Trinajstić information content (AvgIpc) is 2.99. The van der Waals surface area contributed by atoms with Gasteiger partial charge < -0.3 is 0 Å². The lowest BCUT2D eigenvalue weighted by Gasteiger charge is -2.17. The van der Waals surface area contributed by atoms with Crippen molar-refractivity contribution in [2.75, 3.05) is 0 Å². The first kappa shape index (κ1) is 14.3. The van der Waals surface area contributed by atoms with E-state index in [0.717, 1.165) is 24.8 Å². The number of carbonyl (C=O) groups excluding carboxylic acids is 1. The second-order valence-electron chi connectivity index (χ2n) is 4.62. The summed E-state index contributed by atoms with van der Waals surface area (Å²) in [6.45, 7) is 3.60. The molecule has 4 heteroatoms. The molecule has 100 valence electrons. The normalized spacial score (nSPS) is 22.1. The zero-order chi connectivity index (χ0) is 13.7. The quantitative estimate of drug-likeness (QED) is 0.661. The molecule has 0 bridgehead atoms. The van der Waals surface area contributed by atoms with Gasteiger partial charge in [-0.15, -0.1) is 17.9 Å². The topological polar surface area (TPSA) is 30.0 Å². The minimum atomic E-state index is -0.359. The molecule has 19 heavy (non-hydrogen) atoms. The molecule has 0 spiro atoms. The third kappa shape index (κ3) is 3.45. The molecule has 1 aromatic heterocycles. The van der Waals surface area contributed by atoms with Crippen LogP contribution in [0.5, 0.6) is 0 Å². The highest BCUT2D eigenvalue weighted by atomic mass is 32.1. The summed E-state index contributed by atoms with van der Waals surface area (Å²) in [5.74, 6) is 0.288. The van der Waals surface area contributed by atoms with Crippen molar-refractivity contribution < 1.29 is 4.79 Å². The van der Waals surface area contributed by atoms with E-state index >= 15 is 0 Å². The van der Waals surface area contributed by atoms with Crippen molar-refractivity contribution in [1.29, 1.82) is 0 Å². The molecule has 0 radical (unpaired) electrons. The molecule has 3 rings (SSSR count). The van der Waals surface area contributed by atoms with Crippen molar-refractivity contribution in [3.8, 4) is 0 Å².